The van der Waals surface area contributed by atoms with Crippen LogP contribution in [0.2, 0.25) is 0 Å². The third kappa shape index (κ3) is 3.08. The topological polar surface area (TPSA) is 101 Å². The van der Waals surface area contributed by atoms with Crippen LogP contribution in [0.5, 0.6) is 0 Å². The Morgan fingerprint density at radius 3 is 2.43 bits per heavy atom. The molecule has 4 rings (SSSR count). The Labute approximate surface area is 171 Å². The molecule has 8 nitrogen and oxygen atoms in total. The second-order valence-corrected chi connectivity index (χ2v) is 6.82. The number of benzene rings is 3. The van der Waals surface area contributed by atoms with E-state index in [1.807, 2.05) is 36.4 Å². The van der Waals surface area contributed by atoms with E-state index < -0.39 is 34.9 Å². The summed E-state index contributed by atoms with van der Waals surface area (Å²) in [5.41, 5.74) is -0.128. The number of nitro groups is 1. The highest BCUT2D eigenvalue weighted by Crippen LogP contribution is 2.31. The Hall–Kier alpha value is -4.07. The van der Waals surface area contributed by atoms with Crippen molar-refractivity contribution in [2.75, 3.05) is 18.0 Å². The van der Waals surface area contributed by atoms with Crippen molar-refractivity contribution >= 4 is 39.9 Å². The summed E-state index contributed by atoms with van der Waals surface area (Å²) < 4.78 is 0. The van der Waals surface area contributed by atoms with Gasteiger partial charge in [0.15, 0.2) is 0 Å². The molecule has 0 N–H and O–H groups in total. The second kappa shape index (κ2) is 7.40. The number of carbonyl (C=O) groups is 3. The smallest absolute Gasteiger partial charge is 0.282 e. The number of amides is 3. The van der Waals surface area contributed by atoms with Crippen LogP contribution in [-0.2, 0) is 4.79 Å². The van der Waals surface area contributed by atoms with Gasteiger partial charge in [-0.15, -0.1) is 0 Å². The molecule has 0 bridgehead atoms. The van der Waals surface area contributed by atoms with Gasteiger partial charge in [0.2, 0.25) is 5.91 Å². The van der Waals surface area contributed by atoms with Crippen LogP contribution < -0.4 is 4.90 Å². The summed E-state index contributed by atoms with van der Waals surface area (Å²) >= 11 is 0. The zero-order valence-corrected chi connectivity index (χ0v) is 16.1. The third-order valence-corrected chi connectivity index (χ3v) is 5.13. The van der Waals surface area contributed by atoms with Gasteiger partial charge >= 0.3 is 0 Å². The maximum atomic E-state index is 13.0. The summed E-state index contributed by atoms with van der Waals surface area (Å²) in [6.07, 6.45) is 0. The van der Waals surface area contributed by atoms with E-state index in [1.165, 1.54) is 23.1 Å². The first kappa shape index (κ1) is 19.3. The molecule has 150 valence electrons. The first-order valence-corrected chi connectivity index (χ1v) is 9.35. The van der Waals surface area contributed by atoms with Crippen LogP contribution in [0.25, 0.3) is 10.8 Å². The van der Waals surface area contributed by atoms with Crippen LogP contribution in [0.3, 0.4) is 0 Å². The molecule has 0 aliphatic carbocycles. The van der Waals surface area contributed by atoms with Crippen molar-refractivity contribution in [3.05, 3.63) is 81.9 Å². The number of fused-ring (bicyclic) bond motifs is 2. The van der Waals surface area contributed by atoms with E-state index in [-0.39, 0.29) is 11.1 Å². The Bertz CT molecular complexity index is 1220. The monoisotopic (exact) mass is 403 g/mol. The van der Waals surface area contributed by atoms with Gasteiger partial charge in [0.25, 0.3) is 17.5 Å². The molecule has 0 saturated heterocycles. The summed E-state index contributed by atoms with van der Waals surface area (Å²) in [7, 11) is 0. The molecular weight excluding hydrogens is 386 g/mol. The quantitative estimate of drug-likeness (QED) is 0.369. The Kier molecular flexibility index (Phi) is 4.75. The molecule has 3 aromatic rings. The molecule has 1 aliphatic rings. The molecule has 0 unspecified atom stereocenters. The van der Waals surface area contributed by atoms with Crippen LogP contribution in [0.4, 0.5) is 11.4 Å². The molecule has 1 heterocycles. The lowest BCUT2D eigenvalue weighted by Crippen LogP contribution is -2.42. The van der Waals surface area contributed by atoms with Gasteiger partial charge in [0, 0.05) is 18.3 Å². The number of anilines is 1. The minimum absolute atomic E-state index is 0.0595. The highest BCUT2D eigenvalue weighted by atomic mass is 16.6. The fourth-order valence-corrected chi connectivity index (χ4v) is 3.68. The highest BCUT2D eigenvalue weighted by Gasteiger charge is 2.42. The van der Waals surface area contributed by atoms with Gasteiger partial charge in [-0.25, -0.2) is 0 Å². The summed E-state index contributed by atoms with van der Waals surface area (Å²) in [4.78, 5) is 51.1. The number of nitrogens with zero attached hydrogens (tertiary/aromatic N) is 3. The summed E-state index contributed by atoms with van der Waals surface area (Å²) in [6, 6.07) is 17.1. The maximum Gasteiger partial charge on any atom is 0.282 e. The Morgan fingerprint density at radius 2 is 1.73 bits per heavy atom. The number of rotatable bonds is 5. The molecule has 0 fully saturated rings. The van der Waals surface area contributed by atoms with E-state index in [0.717, 1.165) is 15.7 Å². The van der Waals surface area contributed by atoms with Crippen molar-refractivity contribution < 1.29 is 19.3 Å². The van der Waals surface area contributed by atoms with E-state index in [2.05, 4.69) is 0 Å². The number of carbonyl (C=O) groups excluding carboxylic acids is 3. The SMILES string of the molecule is CCN(C(=O)CN1C(=O)c2cccc([N+](=O)[O-])c2C1=O)c1ccc2ccccc2c1. The fraction of sp³-hybridized carbons (Fsp3) is 0.136. The largest absolute Gasteiger partial charge is 0.311 e. The van der Waals surface area contributed by atoms with E-state index in [4.69, 9.17) is 0 Å². The van der Waals surface area contributed by atoms with E-state index in [1.54, 1.807) is 13.0 Å². The average molecular weight is 403 g/mol. The molecule has 0 aromatic heterocycles. The average Bonchev–Trinajstić information content (AvgIpc) is 2.99. The number of imide groups is 1. The first-order chi connectivity index (χ1) is 14.4. The lowest BCUT2D eigenvalue weighted by molar-refractivity contribution is -0.385. The third-order valence-electron chi connectivity index (χ3n) is 5.13. The van der Waals surface area contributed by atoms with Crippen molar-refractivity contribution in [2.45, 2.75) is 6.92 Å². The van der Waals surface area contributed by atoms with Gasteiger partial charge in [-0.05, 0) is 35.9 Å². The van der Waals surface area contributed by atoms with E-state index >= 15 is 0 Å². The summed E-state index contributed by atoms with van der Waals surface area (Å²) in [6.45, 7) is 1.63. The minimum atomic E-state index is -0.829. The molecule has 3 amide bonds. The standard InChI is InChI=1S/C22H17N3O5/c1-2-23(16-11-10-14-6-3-4-7-15(14)12-16)19(26)13-24-21(27)17-8-5-9-18(25(29)30)20(17)22(24)28/h3-12H,2,13H2,1H3. The normalized spacial score (nSPS) is 12.9. The molecule has 0 atom stereocenters. The molecule has 0 spiro atoms. The van der Waals surface area contributed by atoms with Crippen LogP contribution in [0.15, 0.2) is 60.7 Å². The summed E-state index contributed by atoms with van der Waals surface area (Å²) in [5, 5.41) is 13.2. The zero-order chi connectivity index (χ0) is 21.4. The summed E-state index contributed by atoms with van der Waals surface area (Å²) in [5.74, 6) is -1.99. The molecule has 1 aliphatic heterocycles. The molecule has 30 heavy (non-hydrogen) atoms. The van der Waals surface area contributed by atoms with Crippen molar-refractivity contribution in [3.63, 3.8) is 0 Å². The van der Waals surface area contributed by atoms with Crippen LogP contribution in [-0.4, -0.2) is 40.6 Å². The van der Waals surface area contributed by atoms with Crippen LogP contribution in [0, 0.1) is 10.1 Å². The number of likely N-dealkylation sites (N-methyl/N-ethyl adjacent to an activating group) is 1. The van der Waals surface area contributed by atoms with Gasteiger partial charge in [-0.3, -0.25) is 29.4 Å². The fourth-order valence-electron chi connectivity index (χ4n) is 3.68. The molecular formula is C22H17N3O5. The molecule has 0 saturated carbocycles. The Balaban J connectivity index is 1.62. The minimum Gasteiger partial charge on any atom is -0.311 e. The van der Waals surface area contributed by atoms with Gasteiger partial charge in [-0.2, -0.15) is 0 Å². The highest BCUT2D eigenvalue weighted by molar-refractivity contribution is 6.24. The van der Waals surface area contributed by atoms with E-state index in [9.17, 15) is 24.5 Å². The van der Waals surface area contributed by atoms with Gasteiger partial charge in [0.1, 0.15) is 12.1 Å². The van der Waals surface area contributed by atoms with Crippen LogP contribution >= 0.6 is 0 Å². The van der Waals surface area contributed by atoms with Crippen LogP contribution in [0.1, 0.15) is 27.6 Å². The number of hydrogen-bond donors (Lipinski definition) is 0. The maximum absolute atomic E-state index is 13.0. The van der Waals surface area contributed by atoms with Gasteiger partial charge in [-0.1, -0.05) is 36.4 Å². The molecule has 0 radical (unpaired) electrons. The second-order valence-electron chi connectivity index (χ2n) is 6.82. The first-order valence-electron chi connectivity index (χ1n) is 9.35. The Morgan fingerprint density at radius 1 is 1.00 bits per heavy atom. The van der Waals surface area contributed by atoms with Gasteiger partial charge in [0.05, 0.1) is 10.5 Å². The number of hydrogen-bond acceptors (Lipinski definition) is 5. The van der Waals surface area contributed by atoms with Crippen molar-refractivity contribution in [3.8, 4) is 0 Å². The van der Waals surface area contributed by atoms with Crippen molar-refractivity contribution in [1.29, 1.82) is 0 Å². The lowest BCUT2D eigenvalue weighted by atomic mass is 10.1. The van der Waals surface area contributed by atoms with Gasteiger partial charge < -0.3 is 4.90 Å². The van der Waals surface area contributed by atoms with Crippen molar-refractivity contribution in [2.24, 2.45) is 0 Å². The molecule has 8 heteroatoms. The molecule has 3 aromatic carbocycles. The number of nitro benzene ring substituents is 1. The predicted molar refractivity (Wildman–Crippen MR) is 110 cm³/mol. The zero-order valence-electron chi connectivity index (χ0n) is 16.1. The van der Waals surface area contributed by atoms with Crippen molar-refractivity contribution in [1.82, 2.24) is 4.90 Å². The lowest BCUT2D eigenvalue weighted by Gasteiger charge is -2.24. The predicted octanol–water partition coefficient (Wildman–Crippen LogP) is 3.40. The van der Waals surface area contributed by atoms with E-state index in [0.29, 0.717) is 12.2 Å².